The van der Waals surface area contributed by atoms with E-state index in [1.54, 1.807) is 55.7 Å². The number of carbonyl (C=O) groups is 1. The fourth-order valence-corrected chi connectivity index (χ4v) is 2.87. The maximum absolute atomic E-state index is 12.7. The summed E-state index contributed by atoms with van der Waals surface area (Å²) < 4.78 is 5.37. The minimum absolute atomic E-state index is 0.117. The van der Waals surface area contributed by atoms with Crippen LogP contribution in [-0.2, 0) is 0 Å². The Morgan fingerprint density at radius 1 is 1.13 bits per heavy atom. The van der Waals surface area contributed by atoms with Crippen LogP contribution in [0.3, 0.4) is 0 Å². The number of anilines is 1. The first-order valence-corrected chi connectivity index (χ1v) is 8.93. The van der Waals surface area contributed by atoms with E-state index in [9.17, 15) is 14.9 Å². The summed E-state index contributed by atoms with van der Waals surface area (Å²) in [7, 11) is 0. The fraction of sp³-hybridized carbons (Fsp3) is 0.0476. The van der Waals surface area contributed by atoms with Gasteiger partial charge in [0.1, 0.15) is 0 Å². The van der Waals surface area contributed by atoms with Crippen LogP contribution in [-0.4, -0.2) is 26.0 Å². The zero-order valence-corrected chi connectivity index (χ0v) is 15.8. The van der Waals surface area contributed by atoms with Crippen molar-refractivity contribution in [2.24, 2.45) is 0 Å². The molecule has 0 spiro atoms. The van der Waals surface area contributed by atoms with Gasteiger partial charge in [-0.05, 0) is 37.3 Å². The van der Waals surface area contributed by atoms with Gasteiger partial charge in [-0.25, -0.2) is 0 Å². The Labute approximate surface area is 170 Å². The second-order valence-electron chi connectivity index (χ2n) is 6.42. The van der Waals surface area contributed by atoms with E-state index in [1.165, 1.54) is 18.2 Å². The molecular formula is C21H15N5O4. The van der Waals surface area contributed by atoms with Gasteiger partial charge in [-0.3, -0.25) is 19.9 Å². The maximum Gasteiger partial charge on any atom is 0.273 e. The number of nitrogens with one attached hydrogen (secondary N) is 1. The highest BCUT2D eigenvalue weighted by molar-refractivity contribution is 6.06. The third-order valence-corrected chi connectivity index (χ3v) is 4.42. The Hall–Kier alpha value is -4.40. The summed E-state index contributed by atoms with van der Waals surface area (Å²) in [6, 6.07) is 14.8. The molecule has 0 aliphatic rings. The molecule has 1 amide bonds. The molecule has 0 saturated heterocycles. The van der Waals surface area contributed by atoms with Crippen molar-refractivity contribution in [3.05, 3.63) is 88.2 Å². The molecule has 2 heterocycles. The fourth-order valence-electron chi connectivity index (χ4n) is 2.87. The predicted octanol–water partition coefficient (Wildman–Crippen LogP) is 4.27. The molecule has 0 bridgehead atoms. The Morgan fingerprint density at radius 2 is 1.97 bits per heavy atom. The molecule has 0 aliphatic heterocycles. The van der Waals surface area contributed by atoms with E-state index < -0.39 is 10.8 Å². The number of pyridine rings is 1. The molecule has 9 nitrogen and oxygen atoms in total. The van der Waals surface area contributed by atoms with Crippen molar-refractivity contribution in [3.63, 3.8) is 0 Å². The number of hydrogen-bond donors (Lipinski definition) is 1. The summed E-state index contributed by atoms with van der Waals surface area (Å²) in [5, 5.41) is 17.9. The molecule has 0 unspecified atom stereocenters. The number of hydrogen-bond acceptors (Lipinski definition) is 7. The summed E-state index contributed by atoms with van der Waals surface area (Å²) in [4.78, 5) is 31.8. The quantitative estimate of drug-likeness (QED) is 0.391. The van der Waals surface area contributed by atoms with Gasteiger partial charge in [0, 0.05) is 35.2 Å². The van der Waals surface area contributed by atoms with Gasteiger partial charge in [0.05, 0.1) is 16.2 Å². The Kier molecular flexibility index (Phi) is 5.00. The Morgan fingerprint density at radius 3 is 2.73 bits per heavy atom. The van der Waals surface area contributed by atoms with E-state index in [-0.39, 0.29) is 17.1 Å². The molecule has 0 radical (unpaired) electrons. The molecule has 9 heteroatoms. The van der Waals surface area contributed by atoms with E-state index in [0.717, 1.165) is 0 Å². The smallest absolute Gasteiger partial charge is 0.273 e. The largest absolute Gasteiger partial charge is 0.334 e. The highest BCUT2D eigenvalue weighted by Gasteiger charge is 2.18. The van der Waals surface area contributed by atoms with Crippen LogP contribution in [0.25, 0.3) is 22.8 Å². The second kappa shape index (κ2) is 7.92. The maximum atomic E-state index is 12.7. The lowest BCUT2D eigenvalue weighted by atomic mass is 10.1. The normalized spacial score (nSPS) is 10.6. The molecule has 0 fully saturated rings. The molecule has 0 aliphatic carbocycles. The first-order chi connectivity index (χ1) is 14.5. The van der Waals surface area contributed by atoms with Gasteiger partial charge in [0.2, 0.25) is 5.82 Å². The molecule has 30 heavy (non-hydrogen) atoms. The van der Waals surface area contributed by atoms with Crippen molar-refractivity contribution in [1.82, 2.24) is 15.1 Å². The molecule has 148 valence electrons. The summed E-state index contributed by atoms with van der Waals surface area (Å²) in [6.07, 6.45) is 3.26. The SMILES string of the molecule is Cc1ccc(C(=O)Nc2ccccc2-c2nc(-c3cccnc3)no2)cc1[N+](=O)[O-]. The summed E-state index contributed by atoms with van der Waals surface area (Å²) in [6.45, 7) is 1.62. The van der Waals surface area contributed by atoms with Gasteiger partial charge in [-0.1, -0.05) is 23.4 Å². The molecule has 0 saturated carbocycles. The Balaban J connectivity index is 1.63. The average molecular weight is 401 g/mol. The topological polar surface area (TPSA) is 124 Å². The number of aryl methyl sites for hydroxylation is 1. The van der Waals surface area contributed by atoms with Crippen LogP contribution in [0, 0.1) is 17.0 Å². The van der Waals surface area contributed by atoms with E-state index in [0.29, 0.717) is 28.2 Å². The standard InChI is InChI=1S/C21H15N5O4/c1-13-8-9-14(11-18(13)26(28)29)20(27)23-17-7-3-2-6-16(17)21-24-19(25-30-21)15-5-4-10-22-12-15/h2-12H,1H3,(H,23,27). The van der Waals surface area contributed by atoms with Gasteiger partial charge in [-0.2, -0.15) is 4.98 Å². The summed E-state index contributed by atoms with van der Waals surface area (Å²) >= 11 is 0. The number of amides is 1. The average Bonchev–Trinajstić information content (AvgIpc) is 3.25. The van der Waals surface area contributed by atoms with Crippen molar-refractivity contribution in [1.29, 1.82) is 0 Å². The first-order valence-electron chi connectivity index (χ1n) is 8.93. The van der Waals surface area contributed by atoms with Crippen LogP contribution in [0.4, 0.5) is 11.4 Å². The minimum Gasteiger partial charge on any atom is -0.334 e. The number of nitro groups is 1. The van der Waals surface area contributed by atoms with Crippen LogP contribution >= 0.6 is 0 Å². The highest BCUT2D eigenvalue weighted by Crippen LogP contribution is 2.29. The van der Waals surface area contributed by atoms with Gasteiger partial charge in [0.15, 0.2) is 0 Å². The minimum atomic E-state index is -0.515. The summed E-state index contributed by atoms with van der Waals surface area (Å²) in [5.41, 5.74) is 2.19. The lowest BCUT2D eigenvalue weighted by molar-refractivity contribution is -0.385. The molecule has 4 rings (SSSR count). The van der Waals surface area contributed by atoms with Crippen LogP contribution in [0.5, 0.6) is 0 Å². The number of rotatable bonds is 5. The number of nitrogens with zero attached hydrogens (tertiary/aromatic N) is 4. The van der Waals surface area contributed by atoms with Crippen LogP contribution in [0.1, 0.15) is 15.9 Å². The molecule has 1 N–H and O–H groups in total. The van der Waals surface area contributed by atoms with Gasteiger partial charge in [-0.15, -0.1) is 0 Å². The third-order valence-electron chi connectivity index (χ3n) is 4.42. The molecule has 0 atom stereocenters. The van der Waals surface area contributed by atoms with Crippen molar-refractivity contribution in [3.8, 4) is 22.8 Å². The zero-order valence-electron chi connectivity index (χ0n) is 15.8. The lowest BCUT2D eigenvalue weighted by Gasteiger charge is -2.09. The second-order valence-corrected chi connectivity index (χ2v) is 6.42. The number of nitro benzene ring substituents is 1. The monoisotopic (exact) mass is 401 g/mol. The molecule has 2 aromatic heterocycles. The van der Waals surface area contributed by atoms with Gasteiger partial charge >= 0.3 is 0 Å². The van der Waals surface area contributed by atoms with Crippen molar-refractivity contribution in [2.45, 2.75) is 6.92 Å². The van der Waals surface area contributed by atoms with E-state index in [4.69, 9.17) is 4.52 Å². The van der Waals surface area contributed by atoms with Crippen molar-refractivity contribution < 1.29 is 14.2 Å². The van der Waals surface area contributed by atoms with Crippen molar-refractivity contribution >= 4 is 17.3 Å². The number of benzene rings is 2. The Bertz CT molecular complexity index is 1240. The number of carbonyl (C=O) groups excluding carboxylic acids is 1. The predicted molar refractivity (Wildman–Crippen MR) is 109 cm³/mol. The van der Waals surface area contributed by atoms with E-state index in [2.05, 4.69) is 20.4 Å². The molecule has 2 aromatic carbocycles. The van der Waals surface area contributed by atoms with Crippen LogP contribution < -0.4 is 5.32 Å². The lowest BCUT2D eigenvalue weighted by Crippen LogP contribution is -2.13. The van der Waals surface area contributed by atoms with Gasteiger partial charge < -0.3 is 9.84 Å². The number of para-hydroxylation sites is 1. The van der Waals surface area contributed by atoms with Crippen molar-refractivity contribution in [2.75, 3.05) is 5.32 Å². The first kappa shape index (κ1) is 18.9. The summed E-state index contributed by atoms with van der Waals surface area (Å²) in [5.74, 6) is 0.102. The van der Waals surface area contributed by atoms with E-state index in [1.807, 2.05) is 0 Å². The van der Waals surface area contributed by atoms with Gasteiger partial charge in [0.25, 0.3) is 17.5 Å². The van der Waals surface area contributed by atoms with E-state index >= 15 is 0 Å². The third kappa shape index (κ3) is 3.76. The number of aromatic nitrogens is 3. The molecule has 4 aromatic rings. The van der Waals surface area contributed by atoms with Crippen LogP contribution in [0.15, 0.2) is 71.5 Å². The molecular weight excluding hydrogens is 386 g/mol. The highest BCUT2D eigenvalue weighted by atomic mass is 16.6. The van der Waals surface area contributed by atoms with Crippen LogP contribution in [0.2, 0.25) is 0 Å². The zero-order chi connectivity index (χ0) is 21.1.